The first-order chi connectivity index (χ1) is 16.6. The van der Waals surface area contributed by atoms with Gasteiger partial charge in [0.05, 0.1) is 29.2 Å². The number of carboxylic acids is 1. The van der Waals surface area contributed by atoms with Crippen LogP contribution in [0.2, 0.25) is 0 Å². The van der Waals surface area contributed by atoms with Gasteiger partial charge >= 0.3 is 5.97 Å². The molecule has 0 amide bonds. The number of aromatic carboxylic acids is 1. The number of hydrogen-bond donors (Lipinski definition) is 2. The monoisotopic (exact) mass is 477 g/mol. The number of aromatic nitrogens is 2. The third-order valence-electron chi connectivity index (χ3n) is 7.21. The first-order valence-electron chi connectivity index (χ1n) is 11.6. The van der Waals surface area contributed by atoms with E-state index in [2.05, 4.69) is 10.3 Å². The van der Waals surface area contributed by atoms with Crippen LogP contribution in [0.25, 0.3) is 11.0 Å². The van der Waals surface area contributed by atoms with E-state index in [4.69, 9.17) is 4.98 Å². The highest BCUT2D eigenvalue weighted by atomic mass is 19.3. The van der Waals surface area contributed by atoms with Crippen molar-refractivity contribution >= 4 is 28.5 Å². The third-order valence-corrected chi connectivity index (χ3v) is 7.21. The number of nitrogens with zero attached hydrogens (tertiary/aromatic N) is 4. The van der Waals surface area contributed by atoms with Gasteiger partial charge in [-0.2, -0.15) is 5.26 Å². The number of anilines is 2. The zero-order valence-electron chi connectivity index (χ0n) is 19.5. The van der Waals surface area contributed by atoms with Gasteiger partial charge in [-0.1, -0.05) is 18.2 Å². The number of hydrogen-bond acceptors (Lipinski definition) is 6. The summed E-state index contributed by atoms with van der Waals surface area (Å²) in [7, 11) is 0. The lowest BCUT2D eigenvalue weighted by molar-refractivity contribution is -0.0795. The van der Waals surface area contributed by atoms with Crippen molar-refractivity contribution in [2.45, 2.75) is 45.1 Å². The fourth-order valence-electron chi connectivity index (χ4n) is 5.02. The van der Waals surface area contributed by atoms with Gasteiger partial charge in [0.2, 0.25) is 0 Å². The maximum atomic E-state index is 14.9. The Hall–Kier alpha value is -3.80. The Morgan fingerprint density at radius 1 is 1.23 bits per heavy atom. The van der Waals surface area contributed by atoms with E-state index < -0.39 is 23.9 Å². The lowest BCUT2D eigenvalue weighted by Crippen LogP contribution is -2.50. The van der Waals surface area contributed by atoms with Crippen LogP contribution in [-0.4, -0.2) is 40.1 Å². The summed E-state index contributed by atoms with van der Waals surface area (Å²) in [5, 5.41) is 22.5. The number of para-hydroxylation sites is 1. The number of halogens is 2. The molecule has 1 spiro atoms. The van der Waals surface area contributed by atoms with Crippen molar-refractivity contribution in [3.05, 3.63) is 58.8 Å². The van der Waals surface area contributed by atoms with Crippen molar-refractivity contribution in [3.63, 3.8) is 0 Å². The lowest BCUT2D eigenvalue weighted by Gasteiger charge is -2.39. The molecule has 2 N–H and O–H groups in total. The van der Waals surface area contributed by atoms with Gasteiger partial charge in [0, 0.05) is 23.2 Å². The maximum absolute atomic E-state index is 14.9. The Morgan fingerprint density at radius 2 is 1.97 bits per heavy atom. The second-order valence-corrected chi connectivity index (χ2v) is 9.60. The quantitative estimate of drug-likeness (QED) is 0.514. The van der Waals surface area contributed by atoms with E-state index in [1.807, 2.05) is 26.0 Å². The smallest absolute Gasteiger partial charge is 0.337 e. The number of nitriles is 1. The zero-order chi connectivity index (χ0) is 25.0. The third kappa shape index (κ3) is 3.93. The van der Waals surface area contributed by atoms with E-state index >= 15 is 0 Å². The van der Waals surface area contributed by atoms with Gasteiger partial charge in [0.1, 0.15) is 6.07 Å². The number of fused-ring (bicyclic) bond motifs is 1. The van der Waals surface area contributed by atoms with Crippen LogP contribution in [0.1, 0.15) is 59.4 Å². The minimum Gasteiger partial charge on any atom is -0.478 e. The predicted octanol–water partition coefficient (Wildman–Crippen LogP) is 5.31. The number of piperidine rings is 1. The van der Waals surface area contributed by atoms with Crippen LogP contribution in [0, 0.1) is 23.7 Å². The van der Waals surface area contributed by atoms with E-state index in [0.717, 1.165) is 11.1 Å². The Balaban J connectivity index is 1.56. The largest absolute Gasteiger partial charge is 0.478 e. The van der Waals surface area contributed by atoms with Crippen LogP contribution >= 0.6 is 0 Å². The Kier molecular flexibility index (Phi) is 5.35. The van der Waals surface area contributed by atoms with E-state index in [1.165, 1.54) is 11.0 Å². The molecule has 1 aromatic heterocycles. The van der Waals surface area contributed by atoms with Crippen molar-refractivity contribution in [2.24, 2.45) is 5.41 Å². The Labute approximate surface area is 201 Å². The van der Waals surface area contributed by atoms with Crippen molar-refractivity contribution in [1.82, 2.24) is 9.97 Å². The van der Waals surface area contributed by atoms with Gasteiger partial charge in [-0.15, -0.1) is 0 Å². The van der Waals surface area contributed by atoms with E-state index in [-0.39, 0.29) is 23.1 Å². The number of carboxylic acid groups (broad SMARTS) is 1. The number of aryl methyl sites for hydroxylation is 1. The highest BCUT2D eigenvalue weighted by molar-refractivity contribution is 5.94. The summed E-state index contributed by atoms with van der Waals surface area (Å²) in [6.07, 6.45) is 1.43. The van der Waals surface area contributed by atoms with Gasteiger partial charge in [0.25, 0.3) is 5.92 Å². The summed E-state index contributed by atoms with van der Waals surface area (Å²) in [5.41, 5.74) is 2.32. The fourth-order valence-corrected chi connectivity index (χ4v) is 5.02. The second-order valence-electron chi connectivity index (χ2n) is 9.60. The molecular formula is C26H25F2N5O2. The molecule has 5 rings (SSSR count). The van der Waals surface area contributed by atoms with E-state index in [1.54, 1.807) is 24.3 Å². The molecule has 0 radical (unpaired) electrons. The Morgan fingerprint density at radius 3 is 2.63 bits per heavy atom. The average molecular weight is 478 g/mol. The average Bonchev–Trinajstić information content (AvgIpc) is 3.61. The molecule has 3 aromatic rings. The predicted molar refractivity (Wildman–Crippen MR) is 128 cm³/mol. The standard InChI is InChI=1S/C26H25F2N5O2/c1-15-11-18(16(2)30-19-6-4-3-5-17(19)24(34)35)22-20(12-15)31-21(13-29)23(32-22)33-10-9-25(7-8-25)26(27,28)14-33/h3-6,11-12,16,30H,7-10,14H2,1-2H3,(H,34,35)/t16-/m1/s1. The summed E-state index contributed by atoms with van der Waals surface area (Å²) >= 11 is 0. The normalized spacial score (nSPS) is 18.8. The van der Waals surface area contributed by atoms with Crippen molar-refractivity contribution < 1.29 is 18.7 Å². The summed E-state index contributed by atoms with van der Waals surface area (Å²) in [5.74, 6) is -3.73. The van der Waals surface area contributed by atoms with Crippen molar-refractivity contribution in [1.29, 1.82) is 5.26 Å². The lowest BCUT2D eigenvalue weighted by atomic mass is 9.89. The molecule has 180 valence electrons. The summed E-state index contributed by atoms with van der Waals surface area (Å²) < 4.78 is 29.8. The fraction of sp³-hybridized carbons (Fsp3) is 0.385. The molecule has 2 heterocycles. The van der Waals surface area contributed by atoms with Gasteiger partial charge in [-0.05, 0) is 56.9 Å². The van der Waals surface area contributed by atoms with E-state index in [9.17, 15) is 23.9 Å². The topological polar surface area (TPSA) is 102 Å². The molecule has 0 unspecified atom stereocenters. The number of alkyl halides is 2. The van der Waals surface area contributed by atoms with E-state index in [0.29, 0.717) is 42.5 Å². The Bertz CT molecular complexity index is 1380. The number of rotatable bonds is 5. The molecule has 1 aliphatic carbocycles. The highest BCUT2D eigenvalue weighted by Crippen LogP contribution is 2.61. The highest BCUT2D eigenvalue weighted by Gasteiger charge is 2.64. The SMILES string of the molecule is Cc1cc([C@@H](C)Nc2ccccc2C(=O)O)c2nc(N3CCC4(CC4)C(F)(F)C3)c(C#N)nc2c1. The number of carbonyl (C=O) groups is 1. The number of nitrogens with one attached hydrogen (secondary N) is 1. The maximum Gasteiger partial charge on any atom is 0.337 e. The second kappa shape index (κ2) is 8.15. The van der Waals surface area contributed by atoms with Crippen LogP contribution in [0.15, 0.2) is 36.4 Å². The van der Waals surface area contributed by atoms with Gasteiger partial charge in [0.15, 0.2) is 11.5 Å². The number of benzene rings is 2. The molecule has 35 heavy (non-hydrogen) atoms. The molecule has 1 saturated carbocycles. The van der Waals surface area contributed by atoms with Crippen LogP contribution < -0.4 is 10.2 Å². The van der Waals surface area contributed by atoms with Gasteiger partial charge in [-0.25, -0.2) is 23.5 Å². The molecule has 2 fully saturated rings. The first kappa shape index (κ1) is 23.0. The molecule has 1 aliphatic heterocycles. The minimum atomic E-state index is -2.85. The minimum absolute atomic E-state index is 0.0217. The molecular weight excluding hydrogens is 452 g/mol. The molecule has 7 nitrogen and oxygen atoms in total. The molecule has 2 aliphatic rings. The summed E-state index contributed by atoms with van der Waals surface area (Å²) in [4.78, 5) is 22.3. The van der Waals surface area contributed by atoms with Crippen molar-refractivity contribution in [3.8, 4) is 6.07 Å². The molecule has 2 aromatic carbocycles. The van der Waals surface area contributed by atoms with Crippen LogP contribution in [0.4, 0.5) is 20.3 Å². The van der Waals surface area contributed by atoms with Crippen LogP contribution in [0.5, 0.6) is 0 Å². The molecule has 1 saturated heterocycles. The van der Waals surface area contributed by atoms with Crippen molar-refractivity contribution in [2.75, 3.05) is 23.3 Å². The molecule has 0 bridgehead atoms. The van der Waals surface area contributed by atoms with Crippen LogP contribution in [-0.2, 0) is 0 Å². The summed E-state index contributed by atoms with van der Waals surface area (Å²) in [6, 6.07) is 12.0. The summed E-state index contributed by atoms with van der Waals surface area (Å²) in [6.45, 7) is 3.68. The van der Waals surface area contributed by atoms with Crippen LogP contribution in [0.3, 0.4) is 0 Å². The molecule has 9 heteroatoms. The first-order valence-corrected chi connectivity index (χ1v) is 11.6. The van der Waals surface area contributed by atoms with Gasteiger partial charge in [-0.3, -0.25) is 0 Å². The zero-order valence-corrected chi connectivity index (χ0v) is 19.5. The van der Waals surface area contributed by atoms with Gasteiger partial charge < -0.3 is 15.3 Å². The molecule has 1 atom stereocenters.